The van der Waals surface area contributed by atoms with E-state index >= 15 is 0 Å². The Labute approximate surface area is 132 Å². The maximum atomic E-state index is 3.59. The highest BCUT2D eigenvalue weighted by Crippen LogP contribution is 2.34. The lowest BCUT2D eigenvalue weighted by Gasteiger charge is -2.42. The highest BCUT2D eigenvalue weighted by atomic mass is 15.2. The third-order valence-electron chi connectivity index (χ3n) is 6.08. The van der Waals surface area contributed by atoms with Gasteiger partial charge in [-0.05, 0) is 77.5 Å². The molecule has 0 amide bonds. The molecule has 1 aliphatic carbocycles. The molecular weight excluding hydrogens is 258 g/mol. The van der Waals surface area contributed by atoms with Crippen molar-refractivity contribution in [1.82, 2.24) is 15.1 Å². The quantitative estimate of drug-likeness (QED) is 0.841. The molecule has 4 unspecified atom stereocenters. The lowest BCUT2D eigenvalue weighted by atomic mass is 9.73. The first kappa shape index (κ1) is 17.2. The molecule has 0 aromatic rings. The van der Waals surface area contributed by atoms with Crippen LogP contribution in [0.15, 0.2) is 0 Å². The van der Waals surface area contributed by atoms with Crippen molar-refractivity contribution in [2.75, 3.05) is 40.8 Å². The summed E-state index contributed by atoms with van der Waals surface area (Å²) in [5.41, 5.74) is 0. The van der Waals surface area contributed by atoms with Crippen molar-refractivity contribution >= 4 is 0 Å². The van der Waals surface area contributed by atoms with E-state index in [4.69, 9.17) is 0 Å². The van der Waals surface area contributed by atoms with Crippen molar-refractivity contribution in [3.05, 3.63) is 0 Å². The first-order valence-corrected chi connectivity index (χ1v) is 9.07. The minimum atomic E-state index is 0.726. The largest absolute Gasteiger partial charge is 0.317 e. The van der Waals surface area contributed by atoms with Crippen LogP contribution in [0.4, 0.5) is 0 Å². The van der Waals surface area contributed by atoms with E-state index in [0.29, 0.717) is 0 Å². The van der Waals surface area contributed by atoms with Gasteiger partial charge in [-0.15, -0.1) is 0 Å². The predicted octanol–water partition coefficient (Wildman–Crippen LogP) is 2.67. The van der Waals surface area contributed by atoms with Crippen molar-refractivity contribution < 1.29 is 0 Å². The Kier molecular flexibility index (Phi) is 6.51. The van der Waals surface area contributed by atoms with Gasteiger partial charge < -0.3 is 15.1 Å². The van der Waals surface area contributed by atoms with E-state index in [0.717, 1.165) is 29.8 Å². The van der Waals surface area contributed by atoms with Crippen LogP contribution < -0.4 is 5.32 Å². The Bertz CT molecular complexity index is 305. The van der Waals surface area contributed by atoms with Crippen LogP contribution in [0, 0.1) is 17.8 Å². The summed E-state index contributed by atoms with van der Waals surface area (Å²) in [4.78, 5) is 5.16. The van der Waals surface area contributed by atoms with Crippen LogP contribution in [0.5, 0.6) is 0 Å². The molecule has 1 aliphatic heterocycles. The van der Waals surface area contributed by atoms with E-state index in [-0.39, 0.29) is 0 Å². The number of likely N-dealkylation sites (tertiary alicyclic amines) is 1. The molecule has 21 heavy (non-hydrogen) atoms. The molecule has 0 aromatic heterocycles. The fourth-order valence-corrected chi connectivity index (χ4v) is 4.51. The first-order valence-electron chi connectivity index (χ1n) is 9.07. The summed E-state index contributed by atoms with van der Waals surface area (Å²) in [5, 5.41) is 3.59. The fourth-order valence-electron chi connectivity index (χ4n) is 4.51. The number of nitrogens with one attached hydrogen (secondary N) is 1. The second-order valence-electron chi connectivity index (χ2n) is 7.97. The van der Waals surface area contributed by atoms with Gasteiger partial charge in [0, 0.05) is 25.2 Å². The average Bonchev–Trinajstić information content (AvgIpc) is 2.47. The van der Waals surface area contributed by atoms with Gasteiger partial charge in [0.05, 0.1) is 0 Å². The molecule has 4 atom stereocenters. The normalized spacial score (nSPS) is 35.6. The summed E-state index contributed by atoms with van der Waals surface area (Å²) in [6.07, 6.45) is 6.93. The van der Waals surface area contributed by atoms with Gasteiger partial charge in [0.25, 0.3) is 0 Å². The first-order chi connectivity index (χ1) is 10.0. The van der Waals surface area contributed by atoms with Gasteiger partial charge in [-0.25, -0.2) is 0 Å². The van der Waals surface area contributed by atoms with Crippen molar-refractivity contribution in [2.45, 2.75) is 58.0 Å². The summed E-state index contributed by atoms with van der Waals surface area (Å²) in [6.45, 7) is 8.61. The molecule has 0 aromatic carbocycles. The Morgan fingerprint density at radius 2 is 2.00 bits per heavy atom. The highest BCUT2D eigenvalue weighted by Gasteiger charge is 2.33. The minimum absolute atomic E-state index is 0.726. The van der Waals surface area contributed by atoms with Crippen LogP contribution in [0.1, 0.15) is 46.0 Å². The molecule has 2 fully saturated rings. The summed E-state index contributed by atoms with van der Waals surface area (Å²) in [5.74, 6) is 2.60. The van der Waals surface area contributed by atoms with Gasteiger partial charge in [-0.1, -0.05) is 13.8 Å². The summed E-state index contributed by atoms with van der Waals surface area (Å²) in [7, 11) is 6.78. The minimum Gasteiger partial charge on any atom is -0.317 e. The Morgan fingerprint density at radius 1 is 1.24 bits per heavy atom. The maximum absolute atomic E-state index is 3.59. The van der Waals surface area contributed by atoms with Crippen molar-refractivity contribution in [1.29, 1.82) is 0 Å². The van der Waals surface area contributed by atoms with E-state index in [1.165, 1.54) is 51.7 Å². The molecule has 3 nitrogen and oxygen atoms in total. The molecule has 124 valence electrons. The number of likely N-dealkylation sites (N-methyl/N-ethyl adjacent to an activating group) is 2. The molecule has 0 bridgehead atoms. The molecule has 1 heterocycles. The van der Waals surface area contributed by atoms with E-state index < -0.39 is 0 Å². The molecule has 2 aliphatic rings. The van der Waals surface area contributed by atoms with Crippen LogP contribution in [-0.4, -0.2) is 62.7 Å². The van der Waals surface area contributed by atoms with Gasteiger partial charge in [0.15, 0.2) is 0 Å². The third-order valence-corrected chi connectivity index (χ3v) is 6.08. The second-order valence-corrected chi connectivity index (χ2v) is 7.97. The van der Waals surface area contributed by atoms with Crippen molar-refractivity contribution in [2.24, 2.45) is 17.8 Å². The molecule has 2 rings (SSSR count). The summed E-state index contributed by atoms with van der Waals surface area (Å²) >= 11 is 0. The standard InChI is InChI=1S/C18H37N3/c1-14(2)15-8-9-18(19-3)16(11-15)12-21(5)17-7-6-10-20(4)13-17/h14-19H,6-13H2,1-5H3. The number of hydrogen-bond donors (Lipinski definition) is 1. The van der Waals surface area contributed by atoms with Gasteiger partial charge in [0.1, 0.15) is 0 Å². The third kappa shape index (κ3) is 4.67. The lowest BCUT2D eigenvalue weighted by Crippen LogP contribution is -2.50. The molecule has 1 saturated heterocycles. The van der Waals surface area contributed by atoms with Crippen molar-refractivity contribution in [3.63, 3.8) is 0 Å². The highest BCUT2D eigenvalue weighted by molar-refractivity contribution is 4.88. The monoisotopic (exact) mass is 295 g/mol. The summed E-state index contributed by atoms with van der Waals surface area (Å²) in [6, 6.07) is 1.49. The van der Waals surface area contributed by atoms with E-state index in [1.807, 2.05) is 0 Å². The maximum Gasteiger partial charge on any atom is 0.0220 e. The van der Waals surface area contributed by atoms with Crippen LogP contribution >= 0.6 is 0 Å². The Morgan fingerprint density at radius 3 is 2.62 bits per heavy atom. The lowest BCUT2D eigenvalue weighted by molar-refractivity contribution is 0.0850. The van der Waals surface area contributed by atoms with Gasteiger partial charge in [0.2, 0.25) is 0 Å². The predicted molar refractivity (Wildman–Crippen MR) is 91.7 cm³/mol. The molecule has 3 heteroatoms. The van der Waals surface area contributed by atoms with Gasteiger partial charge in [-0.3, -0.25) is 0 Å². The van der Waals surface area contributed by atoms with Crippen LogP contribution in [-0.2, 0) is 0 Å². The number of hydrogen-bond acceptors (Lipinski definition) is 3. The van der Waals surface area contributed by atoms with E-state index in [1.54, 1.807) is 0 Å². The smallest absolute Gasteiger partial charge is 0.0220 e. The Hall–Kier alpha value is -0.120. The zero-order valence-electron chi connectivity index (χ0n) is 14.9. The topological polar surface area (TPSA) is 18.5 Å². The molecule has 0 radical (unpaired) electrons. The Balaban J connectivity index is 1.91. The molecular formula is C18H37N3. The van der Waals surface area contributed by atoms with Gasteiger partial charge in [-0.2, -0.15) is 0 Å². The van der Waals surface area contributed by atoms with Gasteiger partial charge >= 0.3 is 0 Å². The second kappa shape index (κ2) is 7.94. The summed E-state index contributed by atoms with van der Waals surface area (Å²) < 4.78 is 0. The van der Waals surface area contributed by atoms with E-state index in [2.05, 4.69) is 50.1 Å². The molecule has 1 N–H and O–H groups in total. The van der Waals surface area contributed by atoms with E-state index in [9.17, 15) is 0 Å². The fraction of sp³-hybridized carbons (Fsp3) is 1.00. The number of rotatable bonds is 5. The van der Waals surface area contributed by atoms with Crippen LogP contribution in [0.25, 0.3) is 0 Å². The average molecular weight is 296 g/mol. The number of nitrogens with zero attached hydrogens (tertiary/aromatic N) is 2. The SMILES string of the molecule is CNC1CCC(C(C)C)CC1CN(C)C1CCCN(C)C1. The molecule has 1 saturated carbocycles. The number of piperidine rings is 1. The van der Waals surface area contributed by atoms with Crippen LogP contribution in [0.3, 0.4) is 0 Å². The zero-order chi connectivity index (χ0) is 15.4. The van der Waals surface area contributed by atoms with Crippen LogP contribution in [0.2, 0.25) is 0 Å². The molecule has 0 spiro atoms. The van der Waals surface area contributed by atoms with Crippen molar-refractivity contribution in [3.8, 4) is 0 Å². The zero-order valence-corrected chi connectivity index (χ0v) is 14.9.